The van der Waals surface area contributed by atoms with Gasteiger partial charge in [0, 0.05) is 0 Å². The lowest BCUT2D eigenvalue weighted by Gasteiger charge is -2.32. The summed E-state index contributed by atoms with van der Waals surface area (Å²) in [5.41, 5.74) is 0. The van der Waals surface area contributed by atoms with Crippen LogP contribution in [0.25, 0.3) is 0 Å². The van der Waals surface area contributed by atoms with Crippen molar-refractivity contribution in [3.63, 3.8) is 0 Å². The Morgan fingerprint density at radius 2 is 0.682 bits per heavy atom. The van der Waals surface area contributed by atoms with Crippen molar-refractivity contribution < 1.29 is 38.1 Å². The Balaban J connectivity index is 3.57. The minimum atomic E-state index is -0.458. The second-order valence-corrected chi connectivity index (χ2v) is 14.3. The Kier molecular flexibility index (Phi) is 29.8. The third-order valence-corrected chi connectivity index (χ3v) is 8.38. The average molecular weight is 635 g/mol. The molecule has 266 valence electrons. The number of hydrogen-bond donors (Lipinski definition) is 2. The molecular formula is C36H78N2O6+2. The van der Waals surface area contributed by atoms with E-state index in [-0.39, 0.29) is 0 Å². The fourth-order valence-electron chi connectivity index (χ4n) is 5.77. The predicted molar refractivity (Wildman–Crippen MR) is 184 cm³/mol. The van der Waals surface area contributed by atoms with Crippen molar-refractivity contribution in [2.24, 2.45) is 0 Å². The summed E-state index contributed by atoms with van der Waals surface area (Å²) in [5.74, 6) is 0. The molecule has 0 saturated heterocycles. The Bertz CT molecular complexity index is 543. The maximum atomic E-state index is 10.4. The zero-order chi connectivity index (χ0) is 32.8. The summed E-state index contributed by atoms with van der Waals surface area (Å²) >= 11 is 0. The molecule has 0 spiro atoms. The van der Waals surface area contributed by atoms with Crippen LogP contribution in [0.1, 0.15) is 117 Å². The first-order valence-electron chi connectivity index (χ1n) is 18.4. The van der Waals surface area contributed by atoms with Gasteiger partial charge < -0.3 is 38.1 Å². The van der Waals surface area contributed by atoms with Crippen LogP contribution in [0.2, 0.25) is 0 Å². The molecule has 8 heteroatoms. The lowest BCUT2D eigenvalue weighted by atomic mass is 10.1. The summed E-state index contributed by atoms with van der Waals surface area (Å²) in [6, 6.07) is 0. The molecule has 0 bridgehead atoms. The van der Waals surface area contributed by atoms with Crippen molar-refractivity contribution >= 4 is 0 Å². The van der Waals surface area contributed by atoms with Gasteiger partial charge >= 0.3 is 0 Å². The Morgan fingerprint density at radius 3 is 1.00 bits per heavy atom. The number of aliphatic hydroxyl groups excluding tert-OH is 2. The zero-order valence-electron chi connectivity index (χ0n) is 30.4. The molecule has 0 aromatic heterocycles. The monoisotopic (exact) mass is 635 g/mol. The first kappa shape index (κ1) is 43.7. The molecule has 44 heavy (non-hydrogen) atoms. The molecule has 0 saturated carbocycles. The van der Waals surface area contributed by atoms with Crippen LogP contribution in [0.15, 0.2) is 0 Å². The van der Waals surface area contributed by atoms with Crippen LogP contribution in [0.5, 0.6) is 0 Å². The van der Waals surface area contributed by atoms with Crippen LogP contribution in [-0.2, 0) is 18.9 Å². The molecule has 0 aromatic carbocycles. The standard InChI is InChI=1S/C36H78N2O6/c1-7-9-11-13-15-17-19-21-23-37(3,4)31-35(39)33-43-29-27-41-25-26-42-28-30-44-34-36(40)32-38(5,6)24-22-20-18-16-14-12-10-8-2/h35-36,39-40H,7-34H2,1-6H3/q+2. The van der Waals surface area contributed by atoms with Crippen molar-refractivity contribution in [2.45, 2.75) is 129 Å². The van der Waals surface area contributed by atoms with Gasteiger partial charge in [-0.05, 0) is 25.7 Å². The number of likely N-dealkylation sites (N-methyl/N-ethyl adjacent to an activating group) is 2. The molecule has 0 heterocycles. The van der Waals surface area contributed by atoms with E-state index >= 15 is 0 Å². The fraction of sp³-hybridized carbons (Fsp3) is 1.00. The van der Waals surface area contributed by atoms with Gasteiger partial charge in [0.1, 0.15) is 25.3 Å². The van der Waals surface area contributed by atoms with E-state index in [9.17, 15) is 10.2 Å². The van der Waals surface area contributed by atoms with Gasteiger partial charge in [-0.3, -0.25) is 0 Å². The van der Waals surface area contributed by atoms with Gasteiger partial charge in [-0.15, -0.1) is 0 Å². The molecule has 2 unspecified atom stereocenters. The highest BCUT2D eigenvalue weighted by atomic mass is 16.6. The summed E-state index contributed by atoms with van der Waals surface area (Å²) in [5, 5.41) is 20.8. The molecule has 0 fully saturated rings. The molecular weight excluding hydrogens is 556 g/mol. The molecule has 0 aliphatic heterocycles. The minimum absolute atomic E-state index is 0.345. The van der Waals surface area contributed by atoms with Gasteiger partial charge in [0.15, 0.2) is 0 Å². The summed E-state index contributed by atoms with van der Waals surface area (Å²) in [4.78, 5) is 0. The third kappa shape index (κ3) is 31.7. The Morgan fingerprint density at radius 1 is 0.409 bits per heavy atom. The fourth-order valence-corrected chi connectivity index (χ4v) is 5.77. The van der Waals surface area contributed by atoms with Crippen molar-refractivity contribution in [1.82, 2.24) is 0 Å². The summed E-state index contributed by atoms with van der Waals surface area (Å²) in [7, 11) is 8.78. The van der Waals surface area contributed by atoms with E-state index in [2.05, 4.69) is 42.0 Å². The molecule has 0 aliphatic rings. The number of hydrogen-bond acceptors (Lipinski definition) is 6. The second-order valence-electron chi connectivity index (χ2n) is 14.3. The minimum Gasteiger partial charge on any atom is -0.385 e. The van der Waals surface area contributed by atoms with Crippen molar-refractivity contribution in [2.75, 3.05) is 107 Å². The van der Waals surface area contributed by atoms with Gasteiger partial charge in [-0.2, -0.15) is 0 Å². The number of nitrogens with zero attached hydrogens (tertiary/aromatic N) is 2. The van der Waals surface area contributed by atoms with Crippen LogP contribution in [-0.4, -0.2) is 139 Å². The van der Waals surface area contributed by atoms with Crippen LogP contribution in [0.3, 0.4) is 0 Å². The average Bonchev–Trinajstić information content (AvgIpc) is 2.95. The van der Waals surface area contributed by atoms with Crippen LogP contribution < -0.4 is 0 Å². The molecule has 0 rings (SSSR count). The van der Waals surface area contributed by atoms with Gasteiger partial charge in [0.2, 0.25) is 0 Å². The van der Waals surface area contributed by atoms with Crippen LogP contribution >= 0.6 is 0 Å². The molecule has 8 nitrogen and oxygen atoms in total. The molecule has 0 aromatic rings. The summed E-state index contributed by atoms with van der Waals surface area (Å²) < 4.78 is 24.1. The smallest absolute Gasteiger partial charge is 0.126 e. The lowest BCUT2D eigenvalue weighted by Crippen LogP contribution is -2.47. The zero-order valence-corrected chi connectivity index (χ0v) is 30.4. The quantitative estimate of drug-likeness (QED) is 0.0638. The number of ether oxygens (including phenoxy) is 4. The third-order valence-electron chi connectivity index (χ3n) is 8.38. The van der Waals surface area contributed by atoms with E-state index in [1.54, 1.807) is 0 Å². The van der Waals surface area contributed by atoms with E-state index in [1.165, 1.54) is 103 Å². The van der Waals surface area contributed by atoms with E-state index in [4.69, 9.17) is 18.9 Å². The number of rotatable bonds is 35. The lowest BCUT2D eigenvalue weighted by molar-refractivity contribution is -0.893. The van der Waals surface area contributed by atoms with E-state index in [1.807, 2.05) is 0 Å². The van der Waals surface area contributed by atoms with Crippen molar-refractivity contribution in [1.29, 1.82) is 0 Å². The molecule has 0 amide bonds. The largest absolute Gasteiger partial charge is 0.385 e. The van der Waals surface area contributed by atoms with Gasteiger partial charge in [0.05, 0.1) is 94.1 Å². The van der Waals surface area contributed by atoms with E-state index in [0.717, 1.165) is 22.1 Å². The van der Waals surface area contributed by atoms with Crippen LogP contribution in [0.4, 0.5) is 0 Å². The highest BCUT2D eigenvalue weighted by Crippen LogP contribution is 2.12. The van der Waals surface area contributed by atoms with Crippen molar-refractivity contribution in [3.05, 3.63) is 0 Å². The summed E-state index contributed by atoms with van der Waals surface area (Å²) in [6.07, 6.45) is 20.3. The first-order chi connectivity index (χ1) is 21.1. The number of unbranched alkanes of at least 4 members (excludes halogenated alkanes) is 14. The molecule has 0 aliphatic carbocycles. The normalized spacial score (nSPS) is 13.9. The Hall–Kier alpha value is -0.320. The highest BCUT2D eigenvalue weighted by Gasteiger charge is 2.21. The van der Waals surface area contributed by atoms with Gasteiger partial charge in [0.25, 0.3) is 0 Å². The summed E-state index contributed by atoms with van der Waals surface area (Å²) in [6.45, 7) is 11.7. The predicted octanol–water partition coefficient (Wildman–Crippen LogP) is 6.21. The first-order valence-corrected chi connectivity index (χ1v) is 18.4. The SMILES string of the molecule is CCCCCCCCCC[N+](C)(C)CC(O)COCCOCCOCCOCC(O)C[N+](C)(C)CCCCCCCCCC. The van der Waals surface area contributed by atoms with Crippen LogP contribution in [0, 0.1) is 0 Å². The van der Waals surface area contributed by atoms with Crippen molar-refractivity contribution in [3.8, 4) is 0 Å². The van der Waals surface area contributed by atoms with Gasteiger partial charge in [-0.25, -0.2) is 0 Å². The van der Waals surface area contributed by atoms with Gasteiger partial charge in [-0.1, -0.05) is 90.9 Å². The molecule has 2 atom stereocenters. The number of aliphatic hydroxyl groups is 2. The number of quaternary nitrogens is 2. The maximum Gasteiger partial charge on any atom is 0.126 e. The Labute approximate surface area is 273 Å². The second kappa shape index (κ2) is 30.0. The molecule has 0 radical (unpaired) electrons. The van der Waals surface area contributed by atoms with E-state index < -0.39 is 12.2 Å². The highest BCUT2D eigenvalue weighted by molar-refractivity contribution is 4.55. The maximum absolute atomic E-state index is 10.4. The van der Waals surface area contributed by atoms with E-state index in [0.29, 0.717) is 65.9 Å². The molecule has 2 N–H and O–H groups in total. The topological polar surface area (TPSA) is 77.4 Å².